The quantitative estimate of drug-likeness (QED) is 0.266. The van der Waals surface area contributed by atoms with Crippen LogP contribution in [0.1, 0.15) is 23.3 Å². The fourth-order valence-electron chi connectivity index (χ4n) is 5.01. The van der Waals surface area contributed by atoms with Crippen LogP contribution in [0.15, 0.2) is 59.7 Å². The molecule has 2 aromatic carbocycles. The molecule has 0 spiro atoms. The van der Waals surface area contributed by atoms with E-state index >= 15 is 0 Å². The summed E-state index contributed by atoms with van der Waals surface area (Å²) in [5.74, 6) is -0.329. The second kappa shape index (κ2) is 9.09. The smallest absolute Gasteiger partial charge is 0.414 e. The van der Waals surface area contributed by atoms with Gasteiger partial charge in [0.05, 0.1) is 12.9 Å². The van der Waals surface area contributed by atoms with Crippen molar-refractivity contribution in [2.24, 2.45) is 0 Å². The molecule has 5 N–H and O–H groups in total. The number of amides is 1. The van der Waals surface area contributed by atoms with Crippen LogP contribution < -0.4 is 10.9 Å². The Morgan fingerprint density at radius 1 is 1.08 bits per heavy atom. The number of aliphatic hydroxyl groups is 3. The van der Waals surface area contributed by atoms with Gasteiger partial charge in [-0.3, -0.25) is 19.7 Å². The van der Waals surface area contributed by atoms with Gasteiger partial charge in [0.2, 0.25) is 5.95 Å². The van der Waals surface area contributed by atoms with Gasteiger partial charge in [0.1, 0.15) is 24.9 Å². The van der Waals surface area contributed by atoms with Crippen LogP contribution in [0.4, 0.5) is 10.7 Å². The monoisotopic (exact) mass is 505 g/mol. The molecule has 1 fully saturated rings. The van der Waals surface area contributed by atoms with Gasteiger partial charge in [-0.25, -0.2) is 9.78 Å². The third kappa shape index (κ3) is 3.86. The Kier molecular flexibility index (Phi) is 5.72. The number of aromatic amines is 1. The molecule has 12 nitrogen and oxygen atoms in total. The van der Waals surface area contributed by atoms with Gasteiger partial charge in [-0.2, -0.15) is 4.98 Å². The summed E-state index contributed by atoms with van der Waals surface area (Å²) in [4.78, 5) is 35.9. The molecule has 4 atom stereocenters. The van der Waals surface area contributed by atoms with Crippen LogP contribution in [0.3, 0.4) is 0 Å². The van der Waals surface area contributed by atoms with E-state index < -0.39 is 42.8 Å². The van der Waals surface area contributed by atoms with Gasteiger partial charge in [0, 0.05) is 5.92 Å². The third-order valence-electron chi connectivity index (χ3n) is 6.79. The molecule has 0 saturated carbocycles. The summed E-state index contributed by atoms with van der Waals surface area (Å²) < 4.78 is 12.3. The number of ether oxygens (including phenoxy) is 2. The number of hydrogen-bond donors (Lipinski definition) is 5. The maximum atomic E-state index is 12.7. The number of aliphatic hydroxyl groups excluding tert-OH is 3. The molecule has 0 bridgehead atoms. The number of hydrogen-bond acceptors (Lipinski definition) is 9. The molecule has 190 valence electrons. The summed E-state index contributed by atoms with van der Waals surface area (Å²) in [6.45, 7) is -0.434. The lowest BCUT2D eigenvalue weighted by atomic mass is 9.98. The molecule has 1 aliphatic heterocycles. The first kappa shape index (κ1) is 23.3. The molecule has 0 radical (unpaired) electrons. The molecule has 12 heteroatoms. The van der Waals surface area contributed by atoms with E-state index in [1.54, 1.807) is 0 Å². The van der Waals surface area contributed by atoms with E-state index in [4.69, 9.17) is 9.47 Å². The van der Waals surface area contributed by atoms with E-state index in [0.29, 0.717) is 0 Å². The second-order valence-electron chi connectivity index (χ2n) is 8.92. The van der Waals surface area contributed by atoms with Crippen molar-refractivity contribution in [3.05, 3.63) is 76.3 Å². The van der Waals surface area contributed by atoms with E-state index in [2.05, 4.69) is 20.3 Å². The molecule has 6 rings (SSSR count). The number of carbonyl (C=O) groups is 1. The summed E-state index contributed by atoms with van der Waals surface area (Å²) in [7, 11) is 0. The van der Waals surface area contributed by atoms with Crippen molar-refractivity contribution in [2.75, 3.05) is 18.5 Å². The topological polar surface area (TPSA) is 172 Å². The van der Waals surface area contributed by atoms with Crippen LogP contribution in [-0.2, 0) is 9.47 Å². The highest BCUT2D eigenvalue weighted by atomic mass is 16.6. The molecule has 37 heavy (non-hydrogen) atoms. The van der Waals surface area contributed by atoms with Gasteiger partial charge in [-0.15, -0.1) is 0 Å². The summed E-state index contributed by atoms with van der Waals surface area (Å²) in [5.41, 5.74) is 3.63. The second-order valence-corrected chi connectivity index (χ2v) is 8.92. The highest BCUT2D eigenvalue weighted by Crippen LogP contribution is 2.44. The zero-order valence-corrected chi connectivity index (χ0v) is 19.3. The highest BCUT2D eigenvalue weighted by Gasteiger charge is 2.44. The van der Waals surface area contributed by atoms with Gasteiger partial charge in [-0.05, 0) is 22.3 Å². The SMILES string of the molecule is O=C(Nc1nc2c(ncn2[C@@H]2O[C@H](CO)C(O)C2O)c(=O)[nH]1)OCC1c2ccccc2-c2ccccc21. The number of benzene rings is 2. The first-order valence-electron chi connectivity index (χ1n) is 11.7. The fourth-order valence-corrected chi connectivity index (χ4v) is 5.01. The molecule has 1 amide bonds. The largest absolute Gasteiger partial charge is 0.448 e. The van der Waals surface area contributed by atoms with Crippen LogP contribution in [0, 0.1) is 0 Å². The van der Waals surface area contributed by atoms with Crippen LogP contribution in [0.25, 0.3) is 22.3 Å². The van der Waals surface area contributed by atoms with Crippen molar-refractivity contribution >= 4 is 23.2 Å². The van der Waals surface area contributed by atoms with Crippen LogP contribution in [-0.4, -0.2) is 72.5 Å². The van der Waals surface area contributed by atoms with Crippen molar-refractivity contribution in [2.45, 2.75) is 30.5 Å². The van der Waals surface area contributed by atoms with Gasteiger partial charge in [0.25, 0.3) is 5.56 Å². The zero-order chi connectivity index (χ0) is 25.7. The number of nitrogens with zero attached hydrogens (tertiary/aromatic N) is 3. The van der Waals surface area contributed by atoms with E-state index in [9.17, 15) is 24.9 Å². The van der Waals surface area contributed by atoms with Crippen molar-refractivity contribution in [3.63, 3.8) is 0 Å². The van der Waals surface area contributed by atoms with Gasteiger partial charge >= 0.3 is 6.09 Å². The molecule has 1 aliphatic carbocycles. The maximum absolute atomic E-state index is 12.7. The molecular weight excluding hydrogens is 482 g/mol. The molecule has 2 aliphatic rings. The first-order chi connectivity index (χ1) is 18.0. The Balaban J connectivity index is 1.21. The standard InChI is InChI=1S/C25H23N5O7/c31-9-17-19(32)20(33)23(37-17)30-11-26-18-21(30)27-24(28-22(18)34)29-25(35)36-10-16-14-7-3-1-5-12(14)13-6-2-4-8-15(13)16/h1-8,11,16-17,19-20,23,31-33H,9-10H2,(H2,27,28,29,34,35)/t17-,19?,20?,23-/m1/s1. The van der Waals surface area contributed by atoms with E-state index in [0.717, 1.165) is 22.3 Å². The molecule has 3 heterocycles. The van der Waals surface area contributed by atoms with Crippen molar-refractivity contribution in [3.8, 4) is 11.1 Å². The highest BCUT2D eigenvalue weighted by molar-refractivity contribution is 5.84. The number of fused-ring (bicyclic) bond motifs is 4. The molecular formula is C25H23N5O7. The molecule has 1 saturated heterocycles. The van der Waals surface area contributed by atoms with Crippen LogP contribution in [0.5, 0.6) is 0 Å². The van der Waals surface area contributed by atoms with Crippen molar-refractivity contribution in [1.29, 1.82) is 0 Å². The zero-order valence-electron chi connectivity index (χ0n) is 19.3. The summed E-state index contributed by atoms with van der Waals surface area (Å²) in [6.07, 6.45) is -4.48. The van der Waals surface area contributed by atoms with Crippen LogP contribution >= 0.6 is 0 Å². The van der Waals surface area contributed by atoms with Crippen LogP contribution in [0.2, 0.25) is 0 Å². The van der Waals surface area contributed by atoms with Gasteiger partial charge in [0.15, 0.2) is 17.4 Å². The number of aromatic nitrogens is 4. The number of imidazole rings is 1. The lowest BCUT2D eigenvalue weighted by molar-refractivity contribution is -0.0511. The number of nitrogens with one attached hydrogen (secondary N) is 2. The van der Waals surface area contributed by atoms with E-state index in [1.807, 2.05) is 48.5 Å². The minimum Gasteiger partial charge on any atom is -0.448 e. The Hall–Kier alpha value is -4.10. The summed E-state index contributed by atoms with van der Waals surface area (Å²) >= 11 is 0. The summed E-state index contributed by atoms with van der Waals surface area (Å²) in [6, 6.07) is 15.9. The predicted molar refractivity (Wildman–Crippen MR) is 130 cm³/mol. The lowest BCUT2D eigenvalue weighted by Gasteiger charge is -2.17. The Bertz CT molecular complexity index is 1500. The number of H-pyrrole nitrogens is 1. The molecule has 2 unspecified atom stereocenters. The number of rotatable bonds is 5. The number of anilines is 1. The molecule has 4 aromatic rings. The average Bonchev–Trinajstić information content (AvgIpc) is 3.55. The Morgan fingerprint density at radius 2 is 1.76 bits per heavy atom. The predicted octanol–water partition coefficient (Wildman–Crippen LogP) is 1.09. The average molecular weight is 505 g/mol. The maximum Gasteiger partial charge on any atom is 0.414 e. The van der Waals surface area contributed by atoms with Crippen molar-refractivity contribution < 1.29 is 29.6 Å². The van der Waals surface area contributed by atoms with Crippen molar-refractivity contribution in [1.82, 2.24) is 19.5 Å². The lowest BCUT2D eigenvalue weighted by Crippen LogP contribution is -2.33. The minimum absolute atomic E-state index is 0.00698. The first-order valence-corrected chi connectivity index (χ1v) is 11.7. The Labute approximate surface area is 209 Å². The van der Waals surface area contributed by atoms with Gasteiger partial charge < -0.3 is 24.8 Å². The van der Waals surface area contributed by atoms with Gasteiger partial charge in [-0.1, -0.05) is 48.5 Å². The Morgan fingerprint density at radius 3 is 2.41 bits per heavy atom. The fraction of sp³-hybridized carbons (Fsp3) is 0.280. The van der Waals surface area contributed by atoms with E-state index in [-0.39, 0.29) is 29.6 Å². The normalized spacial score (nSPS) is 22.7. The number of carbonyl (C=O) groups excluding carboxylic acids is 1. The third-order valence-corrected chi connectivity index (χ3v) is 6.79. The summed E-state index contributed by atoms with van der Waals surface area (Å²) in [5, 5.41) is 32.2. The molecule has 2 aromatic heterocycles. The van der Waals surface area contributed by atoms with E-state index in [1.165, 1.54) is 10.9 Å². The minimum atomic E-state index is -1.39.